The number of benzene rings is 2. The monoisotopic (exact) mass is 432 g/mol. The number of nitrogens with one attached hydrogen (secondary N) is 3. The summed E-state index contributed by atoms with van der Waals surface area (Å²) in [5.74, 6) is 0.505. The first-order valence-corrected chi connectivity index (χ1v) is 10.9. The van der Waals surface area contributed by atoms with E-state index in [1.54, 1.807) is 12.1 Å². The highest BCUT2D eigenvalue weighted by atomic mass is 19.1. The highest BCUT2D eigenvalue weighted by molar-refractivity contribution is 5.95. The summed E-state index contributed by atoms with van der Waals surface area (Å²) in [5.41, 5.74) is 9.45. The standard InChI is InChI=1S/C24H25FN6O/c25-18-8-6-16(7-9-18)21-15-22(29-28-21)24(32)26-19-5-3-4-17(14-19)20-10-11-23(30-27-20)31-12-1-2-13-31/h3-11,14,21-22,28-29H,1-2,12-13,15H2,(H,26,32). The van der Waals surface area contributed by atoms with Crippen molar-refractivity contribution >= 4 is 17.4 Å². The molecule has 2 aliphatic heterocycles. The van der Waals surface area contributed by atoms with Gasteiger partial charge in [-0.3, -0.25) is 4.79 Å². The molecule has 0 bridgehead atoms. The van der Waals surface area contributed by atoms with E-state index in [4.69, 9.17) is 0 Å². The lowest BCUT2D eigenvalue weighted by Gasteiger charge is -2.15. The summed E-state index contributed by atoms with van der Waals surface area (Å²) in [6.45, 7) is 2.06. The summed E-state index contributed by atoms with van der Waals surface area (Å²) >= 11 is 0. The summed E-state index contributed by atoms with van der Waals surface area (Å²) in [7, 11) is 0. The lowest BCUT2D eigenvalue weighted by Crippen LogP contribution is -2.39. The van der Waals surface area contributed by atoms with E-state index in [-0.39, 0.29) is 17.8 Å². The van der Waals surface area contributed by atoms with Gasteiger partial charge in [0.05, 0.1) is 5.69 Å². The number of carbonyl (C=O) groups is 1. The molecule has 164 valence electrons. The van der Waals surface area contributed by atoms with Gasteiger partial charge in [-0.25, -0.2) is 15.2 Å². The van der Waals surface area contributed by atoms with E-state index in [2.05, 4.69) is 31.3 Å². The van der Waals surface area contributed by atoms with Gasteiger partial charge in [-0.2, -0.15) is 0 Å². The quantitative estimate of drug-likeness (QED) is 0.573. The highest BCUT2D eigenvalue weighted by Crippen LogP contribution is 2.25. The van der Waals surface area contributed by atoms with Gasteiger partial charge in [-0.15, -0.1) is 10.2 Å². The Kier molecular flexibility index (Phi) is 5.79. The fourth-order valence-electron chi connectivity index (χ4n) is 4.22. The molecule has 0 spiro atoms. The van der Waals surface area contributed by atoms with Crippen LogP contribution in [0.2, 0.25) is 0 Å². The van der Waals surface area contributed by atoms with Crippen LogP contribution in [0.15, 0.2) is 60.7 Å². The summed E-state index contributed by atoms with van der Waals surface area (Å²) in [6, 6.07) is 17.4. The van der Waals surface area contributed by atoms with Crippen molar-refractivity contribution in [3.63, 3.8) is 0 Å². The van der Waals surface area contributed by atoms with Crippen molar-refractivity contribution in [3.05, 3.63) is 72.0 Å². The number of hydrogen-bond donors (Lipinski definition) is 3. The summed E-state index contributed by atoms with van der Waals surface area (Å²) in [4.78, 5) is 15.0. The summed E-state index contributed by atoms with van der Waals surface area (Å²) < 4.78 is 13.2. The van der Waals surface area contributed by atoms with Gasteiger partial charge >= 0.3 is 0 Å². The molecule has 3 N–H and O–H groups in total. The maximum Gasteiger partial charge on any atom is 0.242 e. The molecule has 0 saturated carbocycles. The van der Waals surface area contributed by atoms with Crippen LogP contribution in [0.25, 0.3) is 11.3 Å². The number of hydrogen-bond acceptors (Lipinski definition) is 6. The second kappa shape index (κ2) is 9.02. The van der Waals surface area contributed by atoms with Gasteiger partial charge in [-0.1, -0.05) is 24.3 Å². The number of rotatable bonds is 5. The van der Waals surface area contributed by atoms with Crippen LogP contribution in [0.4, 0.5) is 15.9 Å². The highest BCUT2D eigenvalue weighted by Gasteiger charge is 2.30. The van der Waals surface area contributed by atoms with Gasteiger partial charge in [0, 0.05) is 30.4 Å². The van der Waals surface area contributed by atoms with Crippen LogP contribution < -0.4 is 21.1 Å². The molecular weight excluding hydrogens is 407 g/mol. The molecule has 32 heavy (non-hydrogen) atoms. The van der Waals surface area contributed by atoms with Crippen molar-refractivity contribution in [1.82, 2.24) is 21.0 Å². The third-order valence-corrected chi connectivity index (χ3v) is 6.00. The molecule has 2 saturated heterocycles. The normalized spacial score (nSPS) is 20.5. The van der Waals surface area contributed by atoms with E-state index in [0.717, 1.165) is 35.7 Å². The van der Waals surface area contributed by atoms with Crippen LogP contribution in [-0.2, 0) is 4.79 Å². The van der Waals surface area contributed by atoms with Crippen LogP contribution in [0.5, 0.6) is 0 Å². The summed E-state index contributed by atoms with van der Waals surface area (Å²) in [5, 5.41) is 11.7. The Morgan fingerprint density at radius 1 is 1.00 bits per heavy atom. The van der Waals surface area contributed by atoms with Crippen LogP contribution in [0.3, 0.4) is 0 Å². The average molecular weight is 433 g/mol. The van der Waals surface area contributed by atoms with Gasteiger partial charge in [-0.05, 0) is 61.2 Å². The maximum absolute atomic E-state index is 13.2. The fraction of sp³-hybridized carbons (Fsp3) is 0.292. The zero-order chi connectivity index (χ0) is 21.9. The smallest absolute Gasteiger partial charge is 0.242 e. The summed E-state index contributed by atoms with van der Waals surface area (Å²) in [6.07, 6.45) is 2.96. The first-order chi connectivity index (χ1) is 15.7. The number of hydrazine groups is 1. The third kappa shape index (κ3) is 4.46. The SMILES string of the molecule is O=C(Nc1cccc(-c2ccc(N3CCCC3)nn2)c1)C1CC(c2ccc(F)cc2)NN1. The average Bonchev–Trinajstić information content (AvgIpc) is 3.53. The van der Waals surface area contributed by atoms with Crippen molar-refractivity contribution in [3.8, 4) is 11.3 Å². The van der Waals surface area contributed by atoms with Crippen molar-refractivity contribution < 1.29 is 9.18 Å². The molecular formula is C24H25FN6O. The van der Waals surface area contributed by atoms with E-state index < -0.39 is 6.04 Å². The molecule has 7 nitrogen and oxygen atoms in total. The molecule has 3 heterocycles. The number of nitrogens with zero attached hydrogens (tertiary/aromatic N) is 3. The van der Waals surface area contributed by atoms with Gasteiger partial charge in [0.15, 0.2) is 5.82 Å². The first kappa shape index (κ1) is 20.5. The van der Waals surface area contributed by atoms with Crippen molar-refractivity contribution in [2.75, 3.05) is 23.3 Å². The Labute approximate surface area is 186 Å². The molecule has 2 atom stereocenters. The minimum Gasteiger partial charge on any atom is -0.355 e. The van der Waals surface area contributed by atoms with Gasteiger partial charge in [0.1, 0.15) is 11.9 Å². The van der Waals surface area contributed by atoms with Crippen LogP contribution in [-0.4, -0.2) is 35.2 Å². The Hall–Kier alpha value is -3.36. The van der Waals surface area contributed by atoms with E-state index >= 15 is 0 Å². The van der Waals surface area contributed by atoms with E-state index in [1.807, 2.05) is 36.4 Å². The zero-order valence-corrected chi connectivity index (χ0v) is 17.6. The van der Waals surface area contributed by atoms with E-state index in [9.17, 15) is 9.18 Å². The Morgan fingerprint density at radius 2 is 1.81 bits per heavy atom. The minimum absolute atomic E-state index is 0.0536. The van der Waals surface area contributed by atoms with Crippen LogP contribution in [0, 0.1) is 5.82 Å². The predicted octanol–water partition coefficient (Wildman–Crippen LogP) is 3.43. The topological polar surface area (TPSA) is 82.2 Å². The van der Waals surface area contributed by atoms with Gasteiger partial charge < -0.3 is 10.2 Å². The number of anilines is 2. The molecule has 5 rings (SSSR count). The van der Waals surface area contributed by atoms with Gasteiger partial charge in [0.2, 0.25) is 5.91 Å². The third-order valence-electron chi connectivity index (χ3n) is 6.00. The Bertz CT molecular complexity index is 1080. The number of carbonyl (C=O) groups excluding carboxylic acids is 1. The number of amides is 1. The van der Waals surface area contributed by atoms with Crippen LogP contribution in [0.1, 0.15) is 30.9 Å². The molecule has 1 amide bonds. The number of aromatic nitrogens is 2. The number of halogens is 1. The lowest BCUT2D eigenvalue weighted by atomic mass is 10.0. The molecule has 2 aliphatic rings. The van der Waals surface area contributed by atoms with Crippen molar-refractivity contribution in [2.24, 2.45) is 0 Å². The lowest BCUT2D eigenvalue weighted by molar-refractivity contribution is -0.117. The molecule has 0 radical (unpaired) electrons. The zero-order valence-electron chi connectivity index (χ0n) is 17.6. The van der Waals surface area contributed by atoms with Gasteiger partial charge in [0.25, 0.3) is 0 Å². The Morgan fingerprint density at radius 3 is 2.56 bits per heavy atom. The molecule has 2 aromatic carbocycles. The van der Waals surface area contributed by atoms with Crippen LogP contribution >= 0.6 is 0 Å². The fourth-order valence-corrected chi connectivity index (χ4v) is 4.22. The second-order valence-electron chi connectivity index (χ2n) is 8.22. The molecule has 8 heteroatoms. The second-order valence-corrected chi connectivity index (χ2v) is 8.22. The molecule has 0 aliphatic carbocycles. The first-order valence-electron chi connectivity index (χ1n) is 10.9. The van der Waals surface area contributed by atoms with Crippen molar-refractivity contribution in [2.45, 2.75) is 31.3 Å². The molecule has 1 aromatic heterocycles. The van der Waals surface area contributed by atoms with Crippen molar-refractivity contribution in [1.29, 1.82) is 0 Å². The predicted molar refractivity (Wildman–Crippen MR) is 121 cm³/mol. The van der Waals surface area contributed by atoms with E-state index in [0.29, 0.717) is 12.1 Å². The minimum atomic E-state index is -0.395. The Balaban J connectivity index is 1.23. The molecule has 2 fully saturated rings. The largest absolute Gasteiger partial charge is 0.355 e. The van der Waals surface area contributed by atoms with E-state index in [1.165, 1.54) is 25.0 Å². The maximum atomic E-state index is 13.2. The molecule has 3 aromatic rings. The molecule has 2 unspecified atom stereocenters.